The number of carbonyl (C=O) groups excluding carboxylic acids is 2. The van der Waals surface area contributed by atoms with Gasteiger partial charge < -0.3 is 19.7 Å². The van der Waals surface area contributed by atoms with Gasteiger partial charge in [-0.25, -0.2) is 4.98 Å². The molecule has 5 rings (SSSR count). The Bertz CT molecular complexity index is 1090. The van der Waals surface area contributed by atoms with E-state index in [-0.39, 0.29) is 35.8 Å². The Morgan fingerprint density at radius 1 is 1.09 bits per heavy atom. The third kappa shape index (κ3) is 3.78. The number of likely N-dealkylation sites (tertiary alicyclic amines) is 1. The first-order chi connectivity index (χ1) is 15.4. The Labute approximate surface area is 187 Å². The van der Waals surface area contributed by atoms with Crippen molar-refractivity contribution in [2.45, 2.75) is 45.2 Å². The maximum absolute atomic E-state index is 12.6. The number of rotatable bonds is 4. The molecule has 0 radical (unpaired) electrons. The maximum atomic E-state index is 12.6. The van der Waals surface area contributed by atoms with Gasteiger partial charge in [0.1, 0.15) is 5.82 Å². The van der Waals surface area contributed by atoms with Crippen LogP contribution in [-0.2, 0) is 16.1 Å². The predicted molar refractivity (Wildman–Crippen MR) is 122 cm³/mol. The van der Waals surface area contributed by atoms with E-state index in [0.717, 1.165) is 37.6 Å². The van der Waals surface area contributed by atoms with Gasteiger partial charge in [0.25, 0.3) is 5.56 Å². The second-order valence-electron chi connectivity index (χ2n) is 9.54. The average molecular weight is 436 g/mol. The standard InChI is InChI=1S/C24H29N5O3/c1-15(2)28-14-18(9-23(28)31)24(32)26-19-6-7-21(25-10-19)27-11-16-8-17(13-27)20-4-3-5-22(30)29(20)12-16/h3-7,10,15-18H,8-9,11-14H2,1-2H3,(H,26,32)/t16-,17+,18?/m0/s1. The van der Waals surface area contributed by atoms with Crippen LogP contribution in [0.25, 0.3) is 0 Å². The topological polar surface area (TPSA) is 87.5 Å². The van der Waals surface area contributed by atoms with Crippen molar-refractivity contribution in [2.24, 2.45) is 11.8 Å². The van der Waals surface area contributed by atoms with Gasteiger partial charge in [0.15, 0.2) is 0 Å². The maximum Gasteiger partial charge on any atom is 0.250 e. The van der Waals surface area contributed by atoms with Crippen molar-refractivity contribution in [3.05, 3.63) is 52.6 Å². The Morgan fingerprint density at radius 2 is 1.94 bits per heavy atom. The number of hydrogen-bond donors (Lipinski definition) is 1. The summed E-state index contributed by atoms with van der Waals surface area (Å²) in [6, 6.07) is 9.47. The van der Waals surface area contributed by atoms with Crippen LogP contribution in [0, 0.1) is 11.8 Å². The van der Waals surface area contributed by atoms with Crippen LogP contribution < -0.4 is 15.8 Å². The highest BCUT2D eigenvalue weighted by Crippen LogP contribution is 2.36. The fraction of sp³-hybridized carbons (Fsp3) is 0.500. The summed E-state index contributed by atoms with van der Waals surface area (Å²) in [6.45, 7) is 6.84. The van der Waals surface area contributed by atoms with Gasteiger partial charge in [-0.05, 0) is 44.4 Å². The molecule has 0 aromatic carbocycles. The summed E-state index contributed by atoms with van der Waals surface area (Å²) < 4.78 is 1.93. The lowest BCUT2D eigenvalue weighted by atomic mass is 9.83. The molecule has 1 N–H and O–H groups in total. The highest BCUT2D eigenvalue weighted by molar-refractivity contribution is 5.97. The van der Waals surface area contributed by atoms with E-state index in [0.29, 0.717) is 24.1 Å². The highest BCUT2D eigenvalue weighted by atomic mass is 16.2. The minimum atomic E-state index is -0.325. The number of piperidine rings is 1. The second-order valence-corrected chi connectivity index (χ2v) is 9.54. The molecule has 0 saturated carbocycles. The van der Waals surface area contributed by atoms with Crippen molar-refractivity contribution in [2.75, 3.05) is 29.9 Å². The molecule has 1 unspecified atom stereocenters. The average Bonchev–Trinajstić information content (AvgIpc) is 3.17. The fourth-order valence-corrected chi connectivity index (χ4v) is 5.38. The van der Waals surface area contributed by atoms with Crippen molar-refractivity contribution in [3.63, 3.8) is 0 Å². The van der Waals surface area contributed by atoms with Crippen LogP contribution >= 0.6 is 0 Å². The SMILES string of the molecule is CC(C)N1CC(C(=O)Nc2ccc(N3C[C@@H]4C[C@H](C3)c3cccc(=O)n3C4)nc2)CC1=O. The largest absolute Gasteiger partial charge is 0.356 e. The second kappa shape index (κ2) is 8.07. The van der Waals surface area contributed by atoms with Crippen LogP contribution in [0.4, 0.5) is 11.5 Å². The molecule has 168 valence electrons. The first kappa shape index (κ1) is 20.7. The minimum Gasteiger partial charge on any atom is -0.356 e. The Morgan fingerprint density at radius 3 is 2.66 bits per heavy atom. The summed E-state index contributed by atoms with van der Waals surface area (Å²) in [7, 11) is 0. The van der Waals surface area contributed by atoms with E-state index in [9.17, 15) is 14.4 Å². The summed E-state index contributed by atoms with van der Waals surface area (Å²) in [6.07, 6.45) is 3.05. The lowest BCUT2D eigenvalue weighted by Crippen LogP contribution is -2.47. The van der Waals surface area contributed by atoms with E-state index in [2.05, 4.69) is 21.3 Å². The third-order valence-corrected chi connectivity index (χ3v) is 6.97. The van der Waals surface area contributed by atoms with E-state index in [1.807, 2.05) is 36.6 Å². The van der Waals surface area contributed by atoms with E-state index in [4.69, 9.17) is 0 Å². The number of fused-ring (bicyclic) bond motifs is 4. The number of nitrogens with zero attached hydrogens (tertiary/aromatic N) is 4. The molecule has 2 aromatic rings. The van der Waals surface area contributed by atoms with Crippen LogP contribution in [-0.4, -0.2) is 51.9 Å². The molecule has 32 heavy (non-hydrogen) atoms. The molecule has 8 heteroatoms. The van der Waals surface area contributed by atoms with Gasteiger partial charge in [0.2, 0.25) is 11.8 Å². The van der Waals surface area contributed by atoms with Crippen molar-refractivity contribution < 1.29 is 9.59 Å². The van der Waals surface area contributed by atoms with Crippen molar-refractivity contribution in [3.8, 4) is 0 Å². The van der Waals surface area contributed by atoms with E-state index in [1.165, 1.54) is 0 Å². The minimum absolute atomic E-state index is 0.0353. The molecule has 0 spiro atoms. The molecule has 2 saturated heterocycles. The lowest BCUT2D eigenvalue weighted by molar-refractivity contribution is -0.129. The van der Waals surface area contributed by atoms with Gasteiger partial charge in [0.05, 0.1) is 17.8 Å². The molecular formula is C24H29N5O3. The van der Waals surface area contributed by atoms with Gasteiger partial charge in [-0.3, -0.25) is 14.4 Å². The summed E-state index contributed by atoms with van der Waals surface area (Å²) >= 11 is 0. The van der Waals surface area contributed by atoms with Gasteiger partial charge in [-0.15, -0.1) is 0 Å². The third-order valence-electron chi connectivity index (χ3n) is 6.97. The molecule has 0 aliphatic carbocycles. The van der Waals surface area contributed by atoms with Crippen molar-refractivity contribution in [1.29, 1.82) is 0 Å². The quantitative estimate of drug-likeness (QED) is 0.794. The number of amides is 2. The summed E-state index contributed by atoms with van der Waals surface area (Å²) in [5.41, 5.74) is 1.84. The summed E-state index contributed by atoms with van der Waals surface area (Å²) in [5.74, 6) is 1.20. The summed E-state index contributed by atoms with van der Waals surface area (Å²) in [4.78, 5) is 45.6. The molecule has 2 bridgehead atoms. The number of nitrogens with one attached hydrogen (secondary N) is 1. The molecular weight excluding hydrogens is 406 g/mol. The number of aromatic nitrogens is 2. The summed E-state index contributed by atoms with van der Waals surface area (Å²) in [5, 5.41) is 2.92. The molecule has 3 atom stereocenters. The molecule has 8 nitrogen and oxygen atoms in total. The van der Waals surface area contributed by atoms with E-state index in [1.54, 1.807) is 17.2 Å². The Kier molecular flexibility index (Phi) is 5.23. The number of hydrogen-bond acceptors (Lipinski definition) is 5. The number of carbonyl (C=O) groups is 2. The van der Waals surface area contributed by atoms with Crippen LogP contribution in [0.3, 0.4) is 0 Å². The number of pyridine rings is 2. The Balaban J connectivity index is 1.24. The smallest absolute Gasteiger partial charge is 0.250 e. The zero-order chi connectivity index (χ0) is 22.4. The van der Waals surface area contributed by atoms with Gasteiger partial charge in [0, 0.05) is 56.3 Å². The Hall–Kier alpha value is -3.16. The molecule has 3 aliphatic rings. The van der Waals surface area contributed by atoms with E-state index >= 15 is 0 Å². The van der Waals surface area contributed by atoms with Crippen LogP contribution in [0.2, 0.25) is 0 Å². The fourth-order valence-electron chi connectivity index (χ4n) is 5.38. The lowest BCUT2D eigenvalue weighted by Gasteiger charge is -2.43. The van der Waals surface area contributed by atoms with Crippen molar-refractivity contribution >= 4 is 23.3 Å². The molecule has 2 fully saturated rings. The molecule has 2 aromatic heterocycles. The van der Waals surface area contributed by atoms with Gasteiger partial charge in [-0.2, -0.15) is 0 Å². The van der Waals surface area contributed by atoms with Crippen molar-refractivity contribution in [1.82, 2.24) is 14.5 Å². The predicted octanol–water partition coefficient (Wildman–Crippen LogP) is 2.06. The number of anilines is 2. The van der Waals surface area contributed by atoms with Gasteiger partial charge in [-0.1, -0.05) is 6.07 Å². The van der Waals surface area contributed by atoms with Crippen LogP contribution in [0.15, 0.2) is 41.3 Å². The first-order valence-corrected chi connectivity index (χ1v) is 11.4. The monoisotopic (exact) mass is 435 g/mol. The van der Waals surface area contributed by atoms with Crippen LogP contribution in [0.5, 0.6) is 0 Å². The molecule has 3 aliphatic heterocycles. The van der Waals surface area contributed by atoms with E-state index < -0.39 is 0 Å². The van der Waals surface area contributed by atoms with Crippen LogP contribution in [0.1, 0.15) is 38.3 Å². The zero-order valence-corrected chi connectivity index (χ0v) is 18.5. The zero-order valence-electron chi connectivity index (χ0n) is 18.5. The highest BCUT2D eigenvalue weighted by Gasteiger charge is 2.36. The normalized spacial score (nSPS) is 24.6. The first-order valence-electron chi connectivity index (χ1n) is 11.4. The van der Waals surface area contributed by atoms with Gasteiger partial charge >= 0.3 is 0 Å². The molecule has 2 amide bonds. The molecule has 5 heterocycles.